The third kappa shape index (κ3) is 4.12. The van der Waals surface area contributed by atoms with Gasteiger partial charge in [0.25, 0.3) is 0 Å². The first-order valence-electron chi connectivity index (χ1n) is 6.85. The molecule has 1 saturated carbocycles. The Morgan fingerprint density at radius 2 is 2.33 bits per heavy atom. The molecule has 1 heterocycles. The van der Waals surface area contributed by atoms with Crippen molar-refractivity contribution in [2.75, 3.05) is 26.7 Å². The Morgan fingerprint density at radius 1 is 1.50 bits per heavy atom. The summed E-state index contributed by atoms with van der Waals surface area (Å²) < 4.78 is 11.1. The van der Waals surface area contributed by atoms with E-state index in [1.54, 1.807) is 6.26 Å². The molecule has 0 aromatic carbocycles. The first-order chi connectivity index (χ1) is 8.81. The number of furan rings is 1. The predicted molar refractivity (Wildman–Crippen MR) is 71.4 cm³/mol. The maximum atomic E-state index is 5.68. The van der Waals surface area contributed by atoms with E-state index >= 15 is 0 Å². The lowest BCUT2D eigenvalue weighted by Gasteiger charge is -2.15. The molecule has 0 spiro atoms. The monoisotopic (exact) mass is 252 g/mol. The molecular formula is C14H24N2O2. The number of hydrogen-bond acceptors (Lipinski definition) is 4. The van der Waals surface area contributed by atoms with Crippen LogP contribution in [0.4, 0.5) is 0 Å². The second-order valence-electron chi connectivity index (χ2n) is 4.91. The van der Waals surface area contributed by atoms with Gasteiger partial charge in [-0.15, -0.1) is 0 Å². The van der Waals surface area contributed by atoms with Crippen molar-refractivity contribution in [3.63, 3.8) is 0 Å². The molecule has 0 unspecified atom stereocenters. The van der Waals surface area contributed by atoms with Gasteiger partial charge in [-0.3, -0.25) is 0 Å². The van der Waals surface area contributed by atoms with Crippen LogP contribution in [0.2, 0.25) is 0 Å². The first kappa shape index (κ1) is 13.6. The van der Waals surface area contributed by atoms with Crippen molar-refractivity contribution in [2.24, 2.45) is 0 Å². The predicted octanol–water partition coefficient (Wildman–Crippen LogP) is 2.00. The van der Waals surface area contributed by atoms with E-state index in [4.69, 9.17) is 9.15 Å². The van der Waals surface area contributed by atoms with E-state index in [-0.39, 0.29) is 0 Å². The topological polar surface area (TPSA) is 37.6 Å². The fourth-order valence-electron chi connectivity index (χ4n) is 1.98. The zero-order valence-electron chi connectivity index (χ0n) is 11.4. The highest BCUT2D eigenvalue weighted by Gasteiger charge is 2.25. The molecule has 4 nitrogen and oxygen atoms in total. The van der Waals surface area contributed by atoms with Crippen LogP contribution in [0.1, 0.15) is 31.1 Å². The lowest BCUT2D eigenvalue weighted by molar-refractivity contribution is 0.0856. The van der Waals surface area contributed by atoms with Gasteiger partial charge in [0, 0.05) is 24.7 Å². The largest absolute Gasteiger partial charge is 0.467 e. The lowest BCUT2D eigenvalue weighted by Crippen LogP contribution is -2.25. The third-order valence-electron chi connectivity index (χ3n) is 3.39. The Balaban J connectivity index is 1.64. The Hall–Kier alpha value is -0.840. The molecule has 0 bridgehead atoms. The summed E-state index contributed by atoms with van der Waals surface area (Å²) in [6.07, 6.45) is 4.44. The van der Waals surface area contributed by atoms with Crippen molar-refractivity contribution in [3.8, 4) is 0 Å². The average Bonchev–Trinajstić information content (AvgIpc) is 3.13. The van der Waals surface area contributed by atoms with Crippen molar-refractivity contribution >= 4 is 0 Å². The molecule has 2 rings (SSSR count). The summed E-state index contributed by atoms with van der Waals surface area (Å²) >= 11 is 0. The van der Waals surface area contributed by atoms with Crippen molar-refractivity contribution in [2.45, 2.75) is 39.0 Å². The fraction of sp³-hybridized carbons (Fsp3) is 0.714. The lowest BCUT2D eigenvalue weighted by atomic mass is 10.2. The van der Waals surface area contributed by atoms with Gasteiger partial charge in [0.05, 0.1) is 12.9 Å². The van der Waals surface area contributed by atoms with Crippen LogP contribution in [0.25, 0.3) is 0 Å². The van der Waals surface area contributed by atoms with Gasteiger partial charge in [-0.25, -0.2) is 0 Å². The summed E-state index contributed by atoms with van der Waals surface area (Å²) in [6.45, 7) is 6.28. The number of nitrogens with zero attached hydrogens (tertiary/aromatic N) is 1. The zero-order valence-corrected chi connectivity index (χ0v) is 11.4. The van der Waals surface area contributed by atoms with Crippen LogP contribution in [0.15, 0.2) is 16.7 Å². The highest BCUT2D eigenvalue weighted by atomic mass is 16.5. The maximum absolute atomic E-state index is 5.68. The van der Waals surface area contributed by atoms with E-state index in [0.29, 0.717) is 6.61 Å². The van der Waals surface area contributed by atoms with Crippen LogP contribution in [0, 0.1) is 0 Å². The van der Waals surface area contributed by atoms with Crippen molar-refractivity contribution in [3.05, 3.63) is 23.7 Å². The number of nitrogens with one attached hydrogen (secondary N) is 1. The summed E-state index contributed by atoms with van der Waals surface area (Å²) in [4.78, 5) is 2.38. The van der Waals surface area contributed by atoms with Gasteiger partial charge in [0.2, 0.25) is 0 Å². The summed E-state index contributed by atoms with van der Waals surface area (Å²) in [5.74, 6) is 0.949. The highest BCUT2D eigenvalue weighted by molar-refractivity contribution is 5.15. The van der Waals surface area contributed by atoms with Crippen molar-refractivity contribution in [1.82, 2.24) is 10.2 Å². The standard InChI is InChI=1S/C14H24N2O2/c1-3-15-10-12-6-8-18-14(12)11-17-9-7-16(2)13-4-5-13/h6,8,13,15H,3-5,7,9-11H2,1-2H3. The molecule has 0 amide bonds. The molecule has 0 saturated heterocycles. The molecular weight excluding hydrogens is 228 g/mol. The maximum Gasteiger partial charge on any atom is 0.133 e. The summed E-state index contributed by atoms with van der Waals surface area (Å²) in [5.41, 5.74) is 1.20. The fourth-order valence-corrected chi connectivity index (χ4v) is 1.98. The minimum Gasteiger partial charge on any atom is -0.467 e. The van der Waals surface area contributed by atoms with Crippen LogP contribution in [0.3, 0.4) is 0 Å². The van der Waals surface area contributed by atoms with Gasteiger partial charge in [-0.2, -0.15) is 0 Å². The minimum atomic E-state index is 0.576. The van der Waals surface area contributed by atoms with E-state index in [9.17, 15) is 0 Å². The van der Waals surface area contributed by atoms with E-state index in [0.717, 1.165) is 38.0 Å². The normalized spacial score (nSPS) is 15.5. The van der Waals surface area contributed by atoms with E-state index in [1.165, 1.54) is 18.4 Å². The zero-order chi connectivity index (χ0) is 12.8. The Bertz CT molecular complexity index is 347. The molecule has 4 heteroatoms. The number of hydrogen-bond donors (Lipinski definition) is 1. The molecule has 1 fully saturated rings. The number of likely N-dealkylation sites (N-methyl/N-ethyl adjacent to an activating group) is 1. The molecule has 1 aliphatic rings. The molecule has 0 radical (unpaired) electrons. The quantitative estimate of drug-likeness (QED) is 0.682. The highest BCUT2D eigenvalue weighted by Crippen LogP contribution is 2.24. The van der Waals surface area contributed by atoms with Crippen LogP contribution < -0.4 is 5.32 Å². The molecule has 102 valence electrons. The summed E-state index contributed by atoms with van der Waals surface area (Å²) in [7, 11) is 2.17. The van der Waals surface area contributed by atoms with Crippen LogP contribution in [-0.4, -0.2) is 37.7 Å². The molecule has 1 aromatic rings. The SMILES string of the molecule is CCNCc1ccoc1COCCN(C)C1CC1. The average molecular weight is 252 g/mol. The van der Waals surface area contributed by atoms with Gasteiger partial charge in [-0.1, -0.05) is 6.92 Å². The van der Waals surface area contributed by atoms with Gasteiger partial charge in [0.1, 0.15) is 12.4 Å². The second-order valence-corrected chi connectivity index (χ2v) is 4.91. The first-order valence-corrected chi connectivity index (χ1v) is 6.85. The summed E-state index contributed by atoms with van der Waals surface area (Å²) in [5, 5.41) is 3.30. The van der Waals surface area contributed by atoms with Crippen molar-refractivity contribution in [1.29, 1.82) is 0 Å². The van der Waals surface area contributed by atoms with Gasteiger partial charge in [-0.05, 0) is 32.5 Å². The minimum absolute atomic E-state index is 0.576. The third-order valence-corrected chi connectivity index (χ3v) is 3.39. The van der Waals surface area contributed by atoms with Gasteiger partial charge < -0.3 is 19.4 Å². The summed E-state index contributed by atoms with van der Waals surface area (Å²) in [6, 6.07) is 2.82. The van der Waals surface area contributed by atoms with Crippen LogP contribution in [0.5, 0.6) is 0 Å². The van der Waals surface area contributed by atoms with Gasteiger partial charge >= 0.3 is 0 Å². The van der Waals surface area contributed by atoms with E-state index in [2.05, 4.69) is 24.2 Å². The molecule has 1 aromatic heterocycles. The molecule has 1 aliphatic carbocycles. The number of rotatable bonds is 9. The van der Waals surface area contributed by atoms with E-state index in [1.807, 2.05) is 6.07 Å². The van der Waals surface area contributed by atoms with Crippen molar-refractivity contribution < 1.29 is 9.15 Å². The Morgan fingerprint density at radius 3 is 3.06 bits per heavy atom. The van der Waals surface area contributed by atoms with Crippen LogP contribution in [-0.2, 0) is 17.9 Å². The van der Waals surface area contributed by atoms with Crippen LogP contribution >= 0.6 is 0 Å². The molecule has 18 heavy (non-hydrogen) atoms. The number of ether oxygens (including phenoxy) is 1. The molecule has 1 N–H and O–H groups in total. The van der Waals surface area contributed by atoms with E-state index < -0.39 is 0 Å². The molecule has 0 atom stereocenters. The Labute approximate surface area is 109 Å². The Kier molecular flexibility index (Phi) is 5.23. The smallest absolute Gasteiger partial charge is 0.133 e. The molecule has 0 aliphatic heterocycles. The van der Waals surface area contributed by atoms with Gasteiger partial charge in [0.15, 0.2) is 0 Å². The second kappa shape index (κ2) is 6.92.